The first-order valence-electron chi connectivity index (χ1n) is 4.65. The van der Waals surface area contributed by atoms with Crippen molar-refractivity contribution in [2.24, 2.45) is 0 Å². The predicted octanol–water partition coefficient (Wildman–Crippen LogP) is 2.09. The highest BCUT2D eigenvalue weighted by Crippen LogP contribution is 2.10. The van der Waals surface area contributed by atoms with Crippen LogP contribution in [0.2, 0.25) is 0 Å². The molecule has 0 aromatic rings. The van der Waals surface area contributed by atoms with Crippen LogP contribution in [0.4, 0.5) is 0 Å². The van der Waals surface area contributed by atoms with Crippen LogP contribution < -0.4 is 0 Å². The first-order chi connectivity index (χ1) is 5.83. The molecule has 68 valence electrons. The molecule has 1 aliphatic rings. The fraction of sp³-hybridized carbons (Fsp3) is 0.700. The zero-order chi connectivity index (χ0) is 8.81. The molecule has 0 spiro atoms. The lowest BCUT2D eigenvalue weighted by Crippen LogP contribution is -2.09. The van der Waals surface area contributed by atoms with Crippen molar-refractivity contribution in [3.05, 3.63) is 12.2 Å². The number of ether oxygens (including phenoxy) is 1. The van der Waals surface area contributed by atoms with Crippen LogP contribution >= 0.6 is 0 Å². The average molecular weight is 168 g/mol. The van der Waals surface area contributed by atoms with Gasteiger partial charge in [0.25, 0.3) is 0 Å². The SMILES string of the molecule is CCCCCOC1C=CC(=O)C1. The average Bonchev–Trinajstić information content (AvgIpc) is 2.45. The van der Waals surface area contributed by atoms with E-state index in [-0.39, 0.29) is 11.9 Å². The van der Waals surface area contributed by atoms with Gasteiger partial charge in [-0.25, -0.2) is 0 Å². The van der Waals surface area contributed by atoms with Gasteiger partial charge >= 0.3 is 0 Å². The van der Waals surface area contributed by atoms with Gasteiger partial charge in [-0.3, -0.25) is 4.79 Å². The Labute approximate surface area is 73.6 Å². The summed E-state index contributed by atoms with van der Waals surface area (Å²) in [6.07, 6.45) is 7.61. The minimum Gasteiger partial charge on any atom is -0.374 e. The van der Waals surface area contributed by atoms with E-state index in [0.717, 1.165) is 13.0 Å². The summed E-state index contributed by atoms with van der Waals surface area (Å²) in [7, 11) is 0. The van der Waals surface area contributed by atoms with Crippen LogP contribution in [0.25, 0.3) is 0 Å². The van der Waals surface area contributed by atoms with Crippen molar-refractivity contribution in [2.45, 2.75) is 38.7 Å². The Balaban J connectivity index is 2.01. The molecule has 0 bridgehead atoms. The van der Waals surface area contributed by atoms with Crippen LogP contribution in [0.15, 0.2) is 12.2 Å². The molecule has 0 aromatic carbocycles. The summed E-state index contributed by atoms with van der Waals surface area (Å²) < 4.78 is 5.47. The smallest absolute Gasteiger partial charge is 0.158 e. The molecule has 12 heavy (non-hydrogen) atoms. The van der Waals surface area contributed by atoms with E-state index in [9.17, 15) is 4.79 Å². The maximum atomic E-state index is 10.8. The zero-order valence-electron chi connectivity index (χ0n) is 7.58. The molecule has 0 aromatic heterocycles. The molecule has 0 amide bonds. The minimum atomic E-state index is 0.0642. The fourth-order valence-electron chi connectivity index (χ4n) is 1.25. The van der Waals surface area contributed by atoms with Gasteiger partial charge in [0.2, 0.25) is 0 Å². The lowest BCUT2D eigenvalue weighted by atomic mass is 10.2. The highest BCUT2D eigenvalue weighted by molar-refractivity contribution is 5.92. The van der Waals surface area contributed by atoms with Gasteiger partial charge in [0.05, 0.1) is 6.10 Å². The van der Waals surface area contributed by atoms with E-state index in [1.165, 1.54) is 12.8 Å². The molecule has 0 saturated carbocycles. The number of unbranched alkanes of at least 4 members (excludes halogenated alkanes) is 2. The Morgan fingerprint density at radius 3 is 3.00 bits per heavy atom. The van der Waals surface area contributed by atoms with Crippen molar-refractivity contribution in [3.63, 3.8) is 0 Å². The third-order valence-electron chi connectivity index (χ3n) is 1.98. The topological polar surface area (TPSA) is 26.3 Å². The van der Waals surface area contributed by atoms with E-state index in [0.29, 0.717) is 6.42 Å². The monoisotopic (exact) mass is 168 g/mol. The molecular weight excluding hydrogens is 152 g/mol. The molecule has 1 aliphatic carbocycles. The molecule has 2 heteroatoms. The molecule has 0 radical (unpaired) electrons. The Morgan fingerprint density at radius 1 is 1.58 bits per heavy atom. The van der Waals surface area contributed by atoms with Crippen LogP contribution in [0.5, 0.6) is 0 Å². The van der Waals surface area contributed by atoms with Crippen LogP contribution in [0, 0.1) is 0 Å². The maximum absolute atomic E-state index is 10.8. The predicted molar refractivity (Wildman–Crippen MR) is 48.0 cm³/mol. The van der Waals surface area contributed by atoms with Gasteiger partial charge in [-0.15, -0.1) is 0 Å². The third kappa shape index (κ3) is 3.18. The third-order valence-corrected chi connectivity index (χ3v) is 1.98. The molecular formula is C10H16O2. The van der Waals surface area contributed by atoms with Crippen molar-refractivity contribution in [2.75, 3.05) is 6.61 Å². The van der Waals surface area contributed by atoms with Gasteiger partial charge in [0.1, 0.15) is 0 Å². The van der Waals surface area contributed by atoms with Crippen molar-refractivity contribution in [3.8, 4) is 0 Å². The Kier molecular flexibility index (Phi) is 4.01. The second kappa shape index (κ2) is 5.09. The second-order valence-electron chi connectivity index (χ2n) is 3.15. The number of hydrogen-bond acceptors (Lipinski definition) is 2. The van der Waals surface area contributed by atoms with Gasteiger partial charge in [-0.05, 0) is 12.5 Å². The van der Waals surface area contributed by atoms with Gasteiger partial charge < -0.3 is 4.74 Å². The molecule has 1 unspecified atom stereocenters. The van der Waals surface area contributed by atoms with Crippen LogP contribution in [0.3, 0.4) is 0 Å². The molecule has 0 saturated heterocycles. The zero-order valence-corrected chi connectivity index (χ0v) is 7.58. The van der Waals surface area contributed by atoms with E-state index in [4.69, 9.17) is 4.74 Å². The Morgan fingerprint density at radius 2 is 2.42 bits per heavy atom. The Bertz CT molecular complexity index is 173. The lowest BCUT2D eigenvalue weighted by molar-refractivity contribution is -0.115. The van der Waals surface area contributed by atoms with E-state index in [1.807, 2.05) is 6.08 Å². The molecule has 1 rings (SSSR count). The summed E-state index contributed by atoms with van der Waals surface area (Å²) in [5, 5.41) is 0. The summed E-state index contributed by atoms with van der Waals surface area (Å²) in [5.41, 5.74) is 0. The summed E-state index contributed by atoms with van der Waals surface area (Å²) in [6, 6.07) is 0. The number of rotatable bonds is 5. The number of allylic oxidation sites excluding steroid dienone is 1. The van der Waals surface area contributed by atoms with Crippen molar-refractivity contribution in [1.82, 2.24) is 0 Å². The first-order valence-corrected chi connectivity index (χ1v) is 4.65. The van der Waals surface area contributed by atoms with Crippen LogP contribution in [-0.4, -0.2) is 18.5 Å². The molecule has 0 aliphatic heterocycles. The molecule has 0 N–H and O–H groups in total. The molecule has 1 atom stereocenters. The number of ketones is 1. The number of carbonyl (C=O) groups is 1. The van der Waals surface area contributed by atoms with Crippen molar-refractivity contribution < 1.29 is 9.53 Å². The van der Waals surface area contributed by atoms with Gasteiger partial charge in [0, 0.05) is 13.0 Å². The quantitative estimate of drug-likeness (QED) is 0.587. The highest BCUT2D eigenvalue weighted by atomic mass is 16.5. The van der Waals surface area contributed by atoms with E-state index in [2.05, 4.69) is 6.92 Å². The van der Waals surface area contributed by atoms with E-state index < -0.39 is 0 Å². The minimum absolute atomic E-state index is 0.0642. The van der Waals surface area contributed by atoms with Gasteiger partial charge in [0.15, 0.2) is 5.78 Å². The number of hydrogen-bond donors (Lipinski definition) is 0. The van der Waals surface area contributed by atoms with Gasteiger partial charge in [-0.1, -0.05) is 25.8 Å². The van der Waals surface area contributed by atoms with Crippen molar-refractivity contribution >= 4 is 5.78 Å². The van der Waals surface area contributed by atoms with Crippen molar-refractivity contribution in [1.29, 1.82) is 0 Å². The normalized spacial score (nSPS) is 22.1. The fourth-order valence-corrected chi connectivity index (χ4v) is 1.25. The molecule has 0 fully saturated rings. The summed E-state index contributed by atoms with van der Waals surface area (Å²) in [6.45, 7) is 2.95. The summed E-state index contributed by atoms with van der Waals surface area (Å²) in [5.74, 6) is 0.190. The molecule has 2 nitrogen and oxygen atoms in total. The first kappa shape index (κ1) is 9.46. The summed E-state index contributed by atoms with van der Waals surface area (Å²) in [4.78, 5) is 10.8. The van der Waals surface area contributed by atoms with E-state index >= 15 is 0 Å². The summed E-state index contributed by atoms with van der Waals surface area (Å²) >= 11 is 0. The van der Waals surface area contributed by atoms with E-state index in [1.54, 1.807) is 6.08 Å². The number of carbonyl (C=O) groups excluding carboxylic acids is 1. The Hall–Kier alpha value is -0.630. The highest BCUT2D eigenvalue weighted by Gasteiger charge is 2.15. The van der Waals surface area contributed by atoms with Gasteiger partial charge in [-0.2, -0.15) is 0 Å². The van der Waals surface area contributed by atoms with Crippen LogP contribution in [0.1, 0.15) is 32.6 Å². The maximum Gasteiger partial charge on any atom is 0.158 e. The lowest BCUT2D eigenvalue weighted by Gasteiger charge is -2.07. The second-order valence-corrected chi connectivity index (χ2v) is 3.15. The largest absolute Gasteiger partial charge is 0.374 e. The standard InChI is InChI=1S/C10H16O2/c1-2-3-4-7-12-10-6-5-9(11)8-10/h5-6,10H,2-4,7-8H2,1H3. The van der Waals surface area contributed by atoms with Crippen LogP contribution in [-0.2, 0) is 9.53 Å². The molecule has 0 heterocycles.